The van der Waals surface area contributed by atoms with Gasteiger partial charge >= 0.3 is 0 Å². The minimum absolute atomic E-state index is 0.232. The first-order valence-electron chi connectivity index (χ1n) is 9.93. The summed E-state index contributed by atoms with van der Waals surface area (Å²) >= 11 is 5.50. The van der Waals surface area contributed by atoms with E-state index in [4.69, 9.17) is 17.0 Å². The van der Waals surface area contributed by atoms with Gasteiger partial charge < -0.3 is 15.0 Å². The quantitative estimate of drug-likeness (QED) is 0.747. The molecule has 0 bridgehead atoms. The molecule has 1 aromatic rings. The molecule has 0 aromatic heterocycles. The van der Waals surface area contributed by atoms with Crippen LogP contribution in [0.3, 0.4) is 0 Å². The maximum absolute atomic E-state index is 13.4. The molecular formula is C20H31N3O3S2. The highest BCUT2D eigenvalue weighted by Crippen LogP contribution is 2.29. The average Bonchev–Trinajstić information content (AvgIpc) is 3.18. The molecule has 0 amide bonds. The van der Waals surface area contributed by atoms with Crippen molar-refractivity contribution in [3.05, 3.63) is 28.3 Å². The number of piperazine rings is 1. The predicted octanol–water partition coefficient (Wildman–Crippen LogP) is 2.28. The van der Waals surface area contributed by atoms with Crippen molar-refractivity contribution in [3.63, 3.8) is 0 Å². The van der Waals surface area contributed by atoms with E-state index < -0.39 is 10.0 Å². The minimum Gasteiger partial charge on any atom is -0.376 e. The van der Waals surface area contributed by atoms with E-state index in [2.05, 4.69) is 16.3 Å². The first-order valence-corrected chi connectivity index (χ1v) is 11.8. The number of hydrogen-bond donors (Lipinski definition) is 1. The van der Waals surface area contributed by atoms with Crippen molar-refractivity contribution in [1.82, 2.24) is 14.5 Å². The second kappa shape index (κ2) is 8.65. The van der Waals surface area contributed by atoms with Crippen LogP contribution in [0, 0.1) is 27.7 Å². The highest BCUT2D eigenvalue weighted by atomic mass is 32.2. The molecule has 0 unspecified atom stereocenters. The van der Waals surface area contributed by atoms with Crippen LogP contribution in [0.4, 0.5) is 0 Å². The van der Waals surface area contributed by atoms with Crippen LogP contribution in [-0.2, 0) is 14.8 Å². The van der Waals surface area contributed by atoms with Gasteiger partial charge in [-0.15, -0.1) is 0 Å². The van der Waals surface area contributed by atoms with Gasteiger partial charge in [-0.2, -0.15) is 4.31 Å². The number of rotatable bonds is 4. The zero-order valence-corrected chi connectivity index (χ0v) is 18.9. The minimum atomic E-state index is -3.52. The summed E-state index contributed by atoms with van der Waals surface area (Å²) in [5.41, 5.74) is 3.72. The van der Waals surface area contributed by atoms with Crippen LogP contribution < -0.4 is 5.32 Å². The topological polar surface area (TPSA) is 61.9 Å². The van der Waals surface area contributed by atoms with Crippen LogP contribution in [0.5, 0.6) is 0 Å². The van der Waals surface area contributed by atoms with Crippen molar-refractivity contribution in [1.29, 1.82) is 0 Å². The highest BCUT2D eigenvalue weighted by molar-refractivity contribution is 7.89. The third kappa shape index (κ3) is 4.35. The fourth-order valence-electron chi connectivity index (χ4n) is 3.95. The summed E-state index contributed by atoms with van der Waals surface area (Å²) in [7, 11) is -3.52. The second-order valence-corrected chi connectivity index (χ2v) is 10.1. The Balaban J connectivity index is 1.65. The summed E-state index contributed by atoms with van der Waals surface area (Å²) < 4.78 is 33.9. The molecule has 2 aliphatic rings. The van der Waals surface area contributed by atoms with Crippen molar-refractivity contribution in [3.8, 4) is 0 Å². The van der Waals surface area contributed by atoms with Gasteiger partial charge in [0.05, 0.1) is 11.0 Å². The van der Waals surface area contributed by atoms with Crippen molar-refractivity contribution in [2.24, 2.45) is 0 Å². The summed E-state index contributed by atoms with van der Waals surface area (Å²) in [4.78, 5) is 2.52. The van der Waals surface area contributed by atoms with E-state index in [1.54, 1.807) is 4.31 Å². The van der Waals surface area contributed by atoms with Crippen molar-refractivity contribution in [2.45, 2.75) is 51.5 Å². The van der Waals surface area contributed by atoms with Gasteiger partial charge in [0.2, 0.25) is 10.0 Å². The maximum atomic E-state index is 13.4. The molecule has 0 radical (unpaired) electrons. The molecule has 2 fully saturated rings. The zero-order chi connectivity index (χ0) is 20.5. The molecule has 6 nitrogen and oxygen atoms in total. The number of sulfonamides is 1. The molecule has 0 spiro atoms. The van der Waals surface area contributed by atoms with Gasteiger partial charge in [-0.3, -0.25) is 0 Å². The molecular weight excluding hydrogens is 394 g/mol. The first-order chi connectivity index (χ1) is 13.2. The molecule has 156 valence electrons. The molecule has 3 rings (SSSR count). The van der Waals surface area contributed by atoms with Gasteiger partial charge in [0.25, 0.3) is 0 Å². The van der Waals surface area contributed by atoms with Crippen molar-refractivity contribution >= 4 is 27.4 Å². The maximum Gasteiger partial charge on any atom is 0.243 e. The molecule has 2 aliphatic heterocycles. The molecule has 2 heterocycles. The number of nitrogens with zero attached hydrogens (tertiary/aromatic N) is 2. The summed E-state index contributed by atoms with van der Waals surface area (Å²) in [6.07, 6.45) is 2.40. The molecule has 1 aromatic carbocycles. The van der Waals surface area contributed by atoms with Gasteiger partial charge in [0.1, 0.15) is 0 Å². The Kier molecular flexibility index (Phi) is 6.64. The number of hydrogen-bond acceptors (Lipinski definition) is 4. The van der Waals surface area contributed by atoms with Crippen LogP contribution in [0.15, 0.2) is 11.0 Å². The fraction of sp³-hybridized carbons (Fsp3) is 0.650. The fourth-order valence-corrected chi connectivity index (χ4v) is 6.21. The Morgan fingerprint density at radius 1 is 1.14 bits per heavy atom. The monoisotopic (exact) mass is 425 g/mol. The van der Waals surface area contributed by atoms with E-state index in [1.807, 2.05) is 27.7 Å². The van der Waals surface area contributed by atoms with Gasteiger partial charge in [-0.25, -0.2) is 8.42 Å². The lowest BCUT2D eigenvalue weighted by molar-refractivity contribution is 0.113. The van der Waals surface area contributed by atoms with Crippen molar-refractivity contribution < 1.29 is 13.2 Å². The number of thiocarbonyl (C=S) groups is 1. The lowest BCUT2D eigenvalue weighted by Crippen LogP contribution is -2.53. The summed E-state index contributed by atoms with van der Waals surface area (Å²) in [6, 6.07) is 2.06. The average molecular weight is 426 g/mol. The second-order valence-electron chi connectivity index (χ2n) is 7.80. The standard InChI is InChI=1S/C20H31N3O3S2/c1-14-12-15(2)17(4)19(16(14)3)28(24,25)23-9-7-22(8-10-23)20(27)21-13-18-6-5-11-26-18/h12,18H,5-11,13H2,1-4H3,(H,21,27)/t18-/m1/s1. The Morgan fingerprint density at radius 2 is 1.75 bits per heavy atom. The zero-order valence-electron chi connectivity index (χ0n) is 17.2. The predicted molar refractivity (Wildman–Crippen MR) is 115 cm³/mol. The first kappa shape index (κ1) is 21.5. The molecule has 1 atom stereocenters. The van der Waals surface area contributed by atoms with Crippen LogP contribution in [0.1, 0.15) is 35.1 Å². The lowest BCUT2D eigenvalue weighted by Gasteiger charge is -2.36. The lowest BCUT2D eigenvalue weighted by atomic mass is 10.0. The Labute approximate surface area is 174 Å². The Morgan fingerprint density at radius 3 is 2.29 bits per heavy atom. The van der Waals surface area contributed by atoms with Crippen LogP contribution in [0.25, 0.3) is 0 Å². The number of ether oxygens (including phenoxy) is 1. The van der Waals surface area contributed by atoms with Crippen LogP contribution >= 0.6 is 12.2 Å². The summed E-state index contributed by atoms with van der Waals surface area (Å²) in [6.45, 7) is 11.4. The Hall–Kier alpha value is -1.22. The van der Waals surface area contributed by atoms with Gasteiger partial charge in [0, 0.05) is 39.3 Å². The number of nitrogens with one attached hydrogen (secondary N) is 1. The molecule has 0 aliphatic carbocycles. The smallest absolute Gasteiger partial charge is 0.243 e. The van der Waals surface area contributed by atoms with E-state index in [9.17, 15) is 8.42 Å². The van der Waals surface area contributed by atoms with E-state index in [0.29, 0.717) is 36.2 Å². The van der Waals surface area contributed by atoms with E-state index >= 15 is 0 Å². The number of benzene rings is 1. The Bertz CT molecular complexity index is 814. The molecule has 1 N–H and O–H groups in total. The highest BCUT2D eigenvalue weighted by Gasteiger charge is 2.32. The molecule has 2 saturated heterocycles. The van der Waals surface area contributed by atoms with E-state index in [0.717, 1.165) is 48.2 Å². The largest absolute Gasteiger partial charge is 0.376 e. The van der Waals surface area contributed by atoms with Gasteiger partial charge in [0.15, 0.2) is 5.11 Å². The molecule has 0 saturated carbocycles. The molecule has 28 heavy (non-hydrogen) atoms. The SMILES string of the molecule is Cc1cc(C)c(C)c(S(=O)(=O)N2CCN(C(=S)NC[C@H]3CCCO3)CC2)c1C. The van der Waals surface area contributed by atoms with Crippen LogP contribution in [0.2, 0.25) is 0 Å². The van der Waals surface area contributed by atoms with Crippen molar-refractivity contribution in [2.75, 3.05) is 39.3 Å². The number of aryl methyl sites for hydroxylation is 2. The third-order valence-corrected chi connectivity index (χ3v) is 8.50. The summed E-state index contributed by atoms with van der Waals surface area (Å²) in [5, 5.41) is 3.96. The normalized spacial score (nSPS) is 21.1. The van der Waals surface area contributed by atoms with Crippen LogP contribution in [-0.4, -0.2) is 68.2 Å². The molecule has 8 heteroatoms. The third-order valence-electron chi connectivity index (χ3n) is 5.93. The van der Waals surface area contributed by atoms with E-state index in [-0.39, 0.29) is 6.10 Å². The van der Waals surface area contributed by atoms with Gasteiger partial charge in [-0.05, 0) is 75.0 Å². The van der Waals surface area contributed by atoms with E-state index in [1.165, 1.54) is 0 Å². The summed E-state index contributed by atoms with van der Waals surface area (Å²) in [5.74, 6) is 0. The van der Waals surface area contributed by atoms with Gasteiger partial charge in [-0.1, -0.05) is 6.07 Å².